The molecule has 0 bridgehead atoms. The summed E-state index contributed by atoms with van der Waals surface area (Å²) in [6, 6.07) is 85.2. The van der Waals surface area contributed by atoms with Gasteiger partial charge in [-0.25, -0.2) is 4.98 Å². The van der Waals surface area contributed by atoms with Crippen LogP contribution in [-0.2, 0) is 0 Å². The first kappa shape index (κ1) is 35.7. The summed E-state index contributed by atoms with van der Waals surface area (Å²) in [6.45, 7) is 0. The number of fused-ring (bicyclic) bond motifs is 6. The second-order valence-corrected chi connectivity index (χ2v) is 16.0. The lowest BCUT2D eigenvalue weighted by Gasteiger charge is -2.13. The van der Waals surface area contributed by atoms with Crippen LogP contribution in [0.1, 0.15) is 0 Å². The fraction of sp³-hybridized carbons (Fsp3) is 0. The maximum absolute atomic E-state index is 5.30. The minimum atomic E-state index is 0.936. The van der Waals surface area contributed by atoms with Crippen LogP contribution in [0.4, 0.5) is 0 Å². The summed E-state index contributed by atoms with van der Waals surface area (Å²) in [6.07, 6.45) is 0. The monoisotopic (exact) mass is 789 g/mol. The normalized spacial score (nSPS) is 11.5. The summed E-state index contributed by atoms with van der Waals surface area (Å²) in [7, 11) is 0. The number of para-hydroxylation sites is 2. The first-order chi connectivity index (χ1) is 30.7. The van der Waals surface area contributed by atoms with Gasteiger partial charge in [0, 0.05) is 44.0 Å². The van der Waals surface area contributed by atoms with Crippen molar-refractivity contribution in [3.63, 3.8) is 0 Å². The molecular weight excluding hydrogens is 751 g/mol. The smallest absolute Gasteiger partial charge is 0.0715 e. The van der Waals surface area contributed by atoms with Crippen molar-refractivity contribution < 1.29 is 0 Å². The van der Waals surface area contributed by atoms with E-state index in [0.29, 0.717) is 0 Å². The van der Waals surface area contributed by atoms with Crippen LogP contribution in [0.25, 0.3) is 111 Å². The van der Waals surface area contributed by atoms with Crippen LogP contribution in [0, 0.1) is 0 Å². The van der Waals surface area contributed by atoms with Crippen LogP contribution in [0.2, 0.25) is 0 Å². The van der Waals surface area contributed by atoms with Crippen molar-refractivity contribution in [2.45, 2.75) is 0 Å². The highest BCUT2D eigenvalue weighted by atomic mass is 15.0. The minimum Gasteiger partial charge on any atom is -0.309 e. The highest BCUT2D eigenvalue weighted by Gasteiger charge is 2.19. The van der Waals surface area contributed by atoms with Gasteiger partial charge >= 0.3 is 0 Å². The highest BCUT2D eigenvalue weighted by molar-refractivity contribution is 6.19. The zero-order valence-electron chi connectivity index (χ0n) is 33.9. The number of rotatable bonds is 7. The van der Waals surface area contributed by atoms with E-state index in [1.807, 2.05) is 0 Å². The molecule has 0 saturated heterocycles. The van der Waals surface area contributed by atoms with Crippen molar-refractivity contribution in [2.75, 3.05) is 0 Å². The topological polar surface area (TPSA) is 22.8 Å². The van der Waals surface area contributed by atoms with Gasteiger partial charge < -0.3 is 9.13 Å². The Hall–Kier alpha value is -8.27. The Morgan fingerprint density at radius 2 is 0.645 bits per heavy atom. The Morgan fingerprint density at radius 3 is 1.21 bits per heavy atom. The molecule has 290 valence electrons. The number of aromatic nitrogens is 3. The molecule has 0 radical (unpaired) electrons. The molecule has 0 fully saturated rings. The molecule has 0 spiro atoms. The van der Waals surface area contributed by atoms with Crippen molar-refractivity contribution in [3.8, 4) is 67.3 Å². The Labute approximate surface area is 360 Å². The van der Waals surface area contributed by atoms with Crippen molar-refractivity contribution in [1.82, 2.24) is 14.1 Å². The zero-order chi connectivity index (χ0) is 41.0. The van der Waals surface area contributed by atoms with E-state index in [1.54, 1.807) is 0 Å². The number of nitrogens with zero attached hydrogens (tertiary/aromatic N) is 3. The van der Waals surface area contributed by atoms with E-state index in [4.69, 9.17) is 4.98 Å². The van der Waals surface area contributed by atoms with Crippen molar-refractivity contribution in [1.29, 1.82) is 0 Å². The Balaban J connectivity index is 0.998. The van der Waals surface area contributed by atoms with Gasteiger partial charge in [0.2, 0.25) is 0 Å². The van der Waals surface area contributed by atoms with Gasteiger partial charge in [0.1, 0.15) is 0 Å². The molecule has 0 N–H and O–H groups in total. The molecule has 12 aromatic rings. The van der Waals surface area contributed by atoms with Gasteiger partial charge in [-0.2, -0.15) is 0 Å². The molecule has 3 nitrogen and oxygen atoms in total. The predicted octanol–water partition coefficient (Wildman–Crippen LogP) is 15.6. The fourth-order valence-electron chi connectivity index (χ4n) is 9.31. The molecule has 3 aromatic heterocycles. The second kappa shape index (κ2) is 14.8. The molecule has 12 rings (SSSR count). The molecule has 9 aromatic carbocycles. The van der Waals surface area contributed by atoms with Gasteiger partial charge in [-0.3, -0.25) is 0 Å². The first-order valence-corrected chi connectivity index (χ1v) is 21.2. The van der Waals surface area contributed by atoms with E-state index in [9.17, 15) is 0 Å². The first-order valence-electron chi connectivity index (χ1n) is 21.2. The molecule has 0 amide bonds. The van der Waals surface area contributed by atoms with E-state index in [-0.39, 0.29) is 0 Å². The molecule has 3 heterocycles. The minimum absolute atomic E-state index is 0.936. The summed E-state index contributed by atoms with van der Waals surface area (Å²) in [5.41, 5.74) is 18.1. The molecule has 0 aliphatic heterocycles. The maximum atomic E-state index is 5.30. The van der Waals surface area contributed by atoms with Crippen molar-refractivity contribution in [3.05, 3.63) is 237 Å². The van der Waals surface area contributed by atoms with Crippen molar-refractivity contribution >= 4 is 43.6 Å². The van der Waals surface area contributed by atoms with Crippen LogP contribution in [0.5, 0.6) is 0 Å². The van der Waals surface area contributed by atoms with Gasteiger partial charge in [-0.05, 0) is 94.0 Å². The van der Waals surface area contributed by atoms with E-state index in [2.05, 4.69) is 246 Å². The summed E-state index contributed by atoms with van der Waals surface area (Å²) < 4.78 is 4.85. The third-order valence-corrected chi connectivity index (χ3v) is 12.3. The molecule has 0 unspecified atom stereocenters. The number of pyridine rings is 1. The largest absolute Gasteiger partial charge is 0.309 e. The molecule has 0 saturated carbocycles. The van der Waals surface area contributed by atoms with Gasteiger partial charge in [0.25, 0.3) is 0 Å². The van der Waals surface area contributed by atoms with Crippen LogP contribution >= 0.6 is 0 Å². The maximum Gasteiger partial charge on any atom is 0.0715 e. The Bertz CT molecular complexity index is 3580. The lowest BCUT2D eigenvalue weighted by atomic mass is 9.98. The molecule has 0 aliphatic rings. The summed E-state index contributed by atoms with van der Waals surface area (Å²) >= 11 is 0. The Morgan fingerprint density at radius 1 is 0.226 bits per heavy atom. The SMILES string of the molecule is c1ccc(-c2ccc(-c3cc(-c4ccccc4)cc(-c4ccc(-n5c6ccccc6c6cc7c8ccccc8n(-c8cccc(-c9ccccc9)c8)c7cc65)cc4)n3)cc2)cc1. The lowest BCUT2D eigenvalue weighted by Crippen LogP contribution is -1.96. The quantitative estimate of drug-likeness (QED) is 0.158. The van der Waals surface area contributed by atoms with Crippen LogP contribution < -0.4 is 0 Å². The van der Waals surface area contributed by atoms with Crippen molar-refractivity contribution in [2.24, 2.45) is 0 Å². The third-order valence-electron chi connectivity index (χ3n) is 12.3. The molecular formula is C59H39N3. The van der Waals surface area contributed by atoms with Gasteiger partial charge in [0.05, 0.1) is 33.5 Å². The van der Waals surface area contributed by atoms with Gasteiger partial charge in [-0.15, -0.1) is 0 Å². The van der Waals surface area contributed by atoms with Crippen LogP contribution in [0.3, 0.4) is 0 Å². The van der Waals surface area contributed by atoms with E-state index >= 15 is 0 Å². The lowest BCUT2D eigenvalue weighted by molar-refractivity contribution is 1.16. The highest BCUT2D eigenvalue weighted by Crippen LogP contribution is 2.41. The number of hydrogen-bond donors (Lipinski definition) is 0. The van der Waals surface area contributed by atoms with E-state index in [1.165, 1.54) is 65.9 Å². The Kier molecular flexibility index (Phi) is 8.50. The summed E-state index contributed by atoms with van der Waals surface area (Å²) in [5, 5.41) is 4.95. The summed E-state index contributed by atoms with van der Waals surface area (Å²) in [4.78, 5) is 5.30. The van der Waals surface area contributed by atoms with E-state index in [0.717, 1.165) is 45.0 Å². The van der Waals surface area contributed by atoms with Crippen LogP contribution in [-0.4, -0.2) is 14.1 Å². The van der Waals surface area contributed by atoms with Gasteiger partial charge in [0.15, 0.2) is 0 Å². The number of benzene rings is 9. The van der Waals surface area contributed by atoms with Gasteiger partial charge in [-0.1, -0.05) is 176 Å². The molecule has 0 atom stereocenters. The molecule has 0 aliphatic carbocycles. The fourth-order valence-corrected chi connectivity index (χ4v) is 9.31. The predicted molar refractivity (Wildman–Crippen MR) is 260 cm³/mol. The average Bonchev–Trinajstić information content (AvgIpc) is 3.86. The van der Waals surface area contributed by atoms with Crippen LogP contribution in [0.15, 0.2) is 237 Å². The molecule has 3 heteroatoms. The standard InChI is InChI=1S/C59H39N3/c1-4-15-40(16-5-1)43-27-29-44(30-28-43)54-36-47(42-19-8-3-9-20-42)37-55(60-54)45-31-33-48(34-32-45)61-56-25-12-10-23-50(56)52-38-53-51-24-11-13-26-57(51)62(59(53)39-58(52)61)49-22-14-21-46(35-49)41-17-6-2-7-18-41/h1-39H. The third kappa shape index (κ3) is 6.10. The average molecular weight is 790 g/mol. The number of hydrogen-bond acceptors (Lipinski definition) is 1. The molecule has 62 heavy (non-hydrogen) atoms. The zero-order valence-corrected chi connectivity index (χ0v) is 33.9. The summed E-state index contributed by atoms with van der Waals surface area (Å²) in [5.74, 6) is 0. The van der Waals surface area contributed by atoms with E-state index < -0.39 is 0 Å². The second-order valence-electron chi connectivity index (χ2n) is 16.0.